The second-order valence-electron chi connectivity index (χ2n) is 6.04. The third-order valence-corrected chi connectivity index (χ3v) is 4.56. The smallest absolute Gasteiger partial charge is 0.0504 e. The maximum Gasteiger partial charge on any atom is 0.0504 e. The van der Waals surface area contributed by atoms with Crippen LogP contribution in [0.25, 0.3) is 0 Å². The summed E-state index contributed by atoms with van der Waals surface area (Å²) < 4.78 is 0. The molecule has 1 fully saturated rings. The van der Waals surface area contributed by atoms with Crippen LogP contribution in [0.5, 0.6) is 0 Å². The van der Waals surface area contributed by atoms with E-state index in [1.807, 2.05) is 0 Å². The summed E-state index contributed by atoms with van der Waals surface area (Å²) in [6.07, 6.45) is 4.04. The molecule has 96 valence electrons. The molecule has 1 aliphatic heterocycles. The molecule has 0 spiro atoms. The van der Waals surface area contributed by atoms with Crippen LogP contribution in [0, 0.1) is 17.3 Å². The van der Waals surface area contributed by atoms with Gasteiger partial charge in [0.25, 0.3) is 0 Å². The van der Waals surface area contributed by atoms with E-state index in [0.717, 1.165) is 6.54 Å². The van der Waals surface area contributed by atoms with Crippen molar-refractivity contribution in [2.45, 2.75) is 47.0 Å². The van der Waals surface area contributed by atoms with E-state index in [0.29, 0.717) is 18.4 Å². The highest BCUT2D eigenvalue weighted by atomic mass is 16.3. The third-order valence-electron chi connectivity index (χ3n) is 4.56. The van der Waals surface area contributed by atoms with Crippen LogP contribution in [0.3, 0.4) is 0 Å². The van der Waals surface area contributed by atoms with Gasteiger partial charge in [-0.3, -0.25) is 0 Å². The molecule has 0 aromatic heterocycles. The van der Waals surface area contributed by atoms with Crippen molar-refractivity contribution in [1.82, 2.24) is 4.90 Å². The average Bonchev–Trinajstić information content (AvgIpc) is 2.26. The number of nitrogens with zero attached hydrogens (tertiary/aromatic N) is 1. The Balaban J connectivity index is 2.68. The lowest BCUT2D eigenvalue weighted by atomic mass is 9.69. The van der Waals surface area contributed by atoms with Gasteiger partial charge in [-0.25, -0.2) is 0 Å². The Labute approximate surface area is 101 Å². The molecular formula is C14H29NO. The molecule has 0 bridgehead atoms. The van der Waals surface area contributed by atoms with E-state index in [2.05, 4.69) is 32.6 Å². The molecule has 2 heteroatoms. The van der Waals surface area contributed by atoms with Crippen LogP contribution in [0.2, 0.25) is 0 Å². The number of hydrogen-bond donors (Lipinski definition) is 1. The molecule has 0 atom stereocenters. The Morgan fingerprint density at radius 1 is 1.00 bits per heavy atom. The van der Waals surface area contributed by atoms with Crippen LogP contribution >= 0.6 is 0 Å². The van der Waals surface area contributed by atoms with Gasteiger partial charge in [0.1, 0.15) is 0 Å². The summed E-state index contributed by atoms with van der Waals surface area (Å²) in [5, 5.41) is 9.82. The van der Waals surface area contributed by atoms with Gasteiger partial charge in [-0.2, -0.15) is 0 Å². The standard InChI is InChI=1S/C14H29NO/c1-12(2)14(11-16,13(3)4)10-15-8-6-5-7-9-15/h12-13,16H,5-11H2,1-4H3. The minimum Gasteiger partial charge on any atom is -0.396 e. The fraction of sp³-hybridized carbons (Fsp3) is 1.00. The molecule has 0 radical (unpaired) electrons. The highest BCUT2D eigenvalue weighted by Gasteiger charge is 2.38. The largest absolute Gasteiger partial charge is 0.396 e. The summed E-state index contributed by atoms with van der Waals surface area (Å²) in [7, 11) is 0. The van der Waals surface area contributed by atoms with Gasteiger partial charge in [0, 0.05) is 12.0 Å². The highest BCUT2D eigenvalue weighted by Crippen LogP contribution is 2.36. The average molecular weight is 227 g/mol. The molecule has 0 aromatic rings. The first-order chi connectivity index (χ1) is 7.53. The van der Waals surface area contributed by atoms with E-state index >= 15 is 0 Å². The van der Waals surface area contributed by atoms with Crippen LogP contribution in [0.1, 0.15) is 47.0 Å². The van der Waals surface area contributed by atoms with E-state index in [1.54, 1.807) is 0 Å². The van der Waals surface area contributed by atoms with E-state index in [9.17, 15) is 5.11 Å². The zero-order valence-corrected chi connectivity index (χ0v) is 11.5. The second kappa shape index (κ2) is 6.02. The van der Waals surface area contributed by atoms with Gasteiger partial charge in [-0.15, -0.1) is 0 Å². The maximum absolute atomic E-state index is 9.82. The Morgan fingerprint density at radius 2 is 1.50 bits per heavy atom. The van der Waals surface area contributed by atoms with Crippen molar-refractivity contribution in [3.8, 4) is 0 Å². The van der Waals surface area contributed by atoms with Crippen LogP contribution in [-0.2, 0) is 0 Å². The Hall–Kier alpha value is -0.0800. The quantitative estimate of drug-likeness (QED) is 0.780. The molecule has 1 rings (SSSR count). The van der Waals surface area contributed by atoms with Crippen molar-refractivity contribution < 1.29 is 5.11 Å². The van der Waals surface area contributed by atoms with E-state index < -0.39 is 0 Å². The van der Waals surface area contributed by atoms with Crippen molar-refractivity contribution in [2.24, 2.45) is 17.3 Å². The first kappa shape index (κ1) is 14.0. The Morgan fingerprint density at radius 3 is 1.88 bits per heavy atom. The third kappa shape index (κ3) is 2.98. The van der Waals surface area contributed by atoms with Crippen molar-refractivity contribution in [1.29, 1.82) is 0 Å². The normalized spacial score (nSPS) is 19.7. The molecule has 16 heavy (non-hydrogen) atoms. The number of likely N-dealkylation sites (tertiary alicyclic amines) is 1. The van der Waals surface area contributed by atoms with E-state index in [4.69, 9.17) is 0 Å². The van der Waals surface area contributed by atoms with Crippen LogP contribution in [-0.4, -0.2) is 36.2 Å². The van der Waals surface area contributed by atoms with Gasteiger partial charge in [-0.1, -0.05) is 34.1 Å². The topological polar surface area (TPSA) is 23.5 Å². The molecule has 1 N–H and O–H groups in total. The predicted molar refractivity (Wildman–Crippen MR) is 69.5 cm³/mol. The first-order valence-electron chi connectivity index (χ1n) is 6.86. The zero-order valence-electron chi connectivity index (χ0n) is 11.5. The van der Waals surface area contributed by atoms with E-state index in [-0.39, 0.29) is 5.41 Å². The predicted octanol–water partition coefficient (Wildman–Crippen LogP) is 2.76. The van der Waals surface area contributed by atoms with Gasteiger partial charge < -0.3 is 10.0 Å². The fourth-order valence-electron chi connectivity index (χ4n) is 2.98. The number of rotatable bonds is 5. The maximum atomic E-state index is 9.82. The molecule has 0 aromatic carbocycles. The summed E-state index contributed by atoms with van der Waals surface area (Å²) in [5.41, 5.74) is 0.0807. The summed E-state index contributed by atoms with van der Waals surface area (Å²) >= 11 is 0. The minimum absolute atomic E-state index is 0.0807. The fourth-order valence-corrected chi connectivity index (χ4v) is 2.98. The molecule has 1 saturated heterocycles. The van der Waals surface area contributed by atoms with Crippen molar-refractivity contribution in [2.75, 3.05) is 26.2 Å². The molecule has 2 nitrogen and oxygen atoms in total. The monoisotopic (exact) mass is 227 g/mol. The van der Waals surface area contributed by atoms with Crippen molar-refractivity contribution in [3.05, 3.63) is 0 Å². The molecular weight excluding hydrogens is 198 g/mol. The summed E-state index contributed by atoms with van der Waals surface area (Å²) in [4.78, 5) is 2.56. The summed E-state index contributed by atoms with van der Waals surface area (Å²) in [6.45, 7) is 12.8. The van der Waals surface area contributed by atoms with Gasteiger partial charge in [-0.05, 0) is 37.8 Å². The molecule has 0 amide bonds. The SMILES string of the molecule is CC(C)C(CO)(CN1CCCCC1)C(C)C. The van der Waals surface area contributed by atoms with Gasteiger partial charge in [0.2, 0.25) is 0 Å². The molecule has 0 saturated carbocycles. The van der Waals surface area contributed by atoms with Crippen molar-refractivity contribution >= 4 is 0 Å². The molecule has 1 aliphatic rings. The zero-order chi connectivity index (χ0) is 12.2. The summed E-state index contributed by atoms with van der Waals surface area (Å²) in [6, 6.07) is 0. The lowest BCUT2D eigenvalue weighted by Gasteiger charge is -2.44. The van der Waals surface area contributed by atoms with Gasteiger partial charge >= 0.3 is 0 Å². The number of hydrogen-bond acceptors (Lipinski definition) is 2. The lowest BCUT2D eigenvalue weighted by molar-refractivity contribution is -0.00934. The van der Waals surface area contributed by atoms with Crippen molar-refractivity contribution in [3.63, 3.8) is 0 Å². The van der Waals surface area contributed by atoms with Crippen LogP contribution < -0.4 is 0 Å². The molecule has 0 unspecified atom stereocenters. The molecule has 1 heterocycles. The minimum atomic E-state index is 0.0807. The van der Waals surface area contributed by atoms with E-state index in [1.165, 1.54) is 32.4 Å². The second-order valence-corrected chi connectivity index (χ2v) is 6.04. The van der Waals surface area contributed by atoms with Crippen LogP contribution in [0.15, 0.2) is 0 Å². The Bertz CT molecular complexity index is 187. The summed E-state index contributed by atoms with van der Waals surface area (Å²) in [5.74, 6) is 1.08. The number of aliphatic hydroxyl groups is 1. The first-order valence-corrected chi connectivity index (χ1v) is 6.86. The number of piperidine rings is 1. The van der Waals surface area contributed by atoms with Gasteiger partial charge in [0.05, 0.1) is 6.61 Å². The van der Waals surface area contributed by atoms with Crippen LogP contribution in [0.4, 0.5) is 0 Å². The molecule has 0 aliphatic carbocycles. The highest BCUT2D eigenvalue weighted by molar-refractivity contribution is 4.88. The Kier molecular flexibility index (Phi) is 5.26. The number of aliphatic hydroxyl groups excluding tert-OH is 1. The lowest BCUT2D eigenvalue weighted by Crippen LogP contribution is -2.48. The van der Waals surface area contributed by atoms with Gasteiger partial charge in [0.15, 0.2) is 0 Å².